The van der Waals surface area contributed by atoms with Crippen LogP contribution in [0.3, 0.4) is 0 Å². The summed E-state index contributed by atoms with van der Waals surface area (Å²) in [7, 11) is 3.13. The zero-order chi connectivity index (χ0) is 24.2. The molecule has 9 heteroatoms. The molecule has 3 aromatic rings. The molecule has 0 unspecified atom stereocenters. The number of rotatable bonds is 7. The second kappa shape index (κ2) is 9.48. The number of ether oxygens (including phenoxy) is 2. The average Bonchev–Trinajstić information content (AvgIpc) is 2.80. The van der Waals surface area contributed by atoms with Crippen molar-refractivity contribution in [3.05, 3.63) is 60.4 Å². The molecule has 0 spiro atoms. The normalized spacial score (nSPS) is 13.0. The highest BCUT2D eigenvalue weighted by atomic mass is 19.4. The molecule has 0 saturated heterocycles. The van der Waals surface area contributed by atoms with Crippen molar-refractivity contribution in [2.45, 2.75) is 26.4 Å². The SMILES string of the molecule is COc1cc2cc(-c3ccc(C/C=C/C(=N\O)C(C)(C)C(F)(F)F)cn3)cnc2cc1OC. The van der Waals surface area contributed by atoms with Gasteiger partial charge in [-0.3, -0.25) is 9.97 Å². The van der Waals surface area contributed by atoms with Crippen molar-refractivity contribution in [2.24, 2.45) is 10.6 Å². The molecule has 0 radical (unpaired) electrons. The van der Waals surface area contributed by atoms with Crippen molar-refractivity contribution >= 4 is 16.6 Å². The molecular formula is C24H24F3N3O3. The molecule has 2 aromatic heterocycles. The lowest BCUT2D eigenvalue weighted by Gasteiger charge is -2.26. The lowest BCUT2D eigenvalue weighted by molar-refractivity contribution is -0.186. The van der Waals surface area contributed by atoms with Crippen LogP contribution in [-0.4, -0.2) is 41.3 Å². The molecule has 1 N–H and O–H groups in total. The Labute approximate surface area is 189 Å². The van der Waals surface area contributed by atoms with Gasteiger partial charge in [0.25, 0.3) is 0 Å². The van der Waals surface area contributed by atoms with Gasteiger partial charge in [-0.1, -0.05) is 17.3 Å². The molecule has 0 aliphatic rings. The van der Waals surface area contributed by atoms with Gasteiger partial charge in [0.2, 0.25) is 0 Å². The van der Waals surface area contributed by atoms with Gasteiger partial charge >= 0.3 is 6.18 Å². The summed E-state index contributed by atoms with van der Waals surface area (Å²) in [6, 6.07) is 9.22. The van der Waals surface area contributed by atoms with E-state index in [4.69, 9.17) is 14.7 Å². The summed E-state index contributed by atoms with van der Waals surface area (Å²) in [5.74, 6) is 1.19. The van der Waals surface area contributed by atoms with E-state index in [2.05, 4.69) is 15.1 Å². The first-order valence-corrected chi connectivity index (χ1v) is 10.0. The Morgan fingerprint density at radius 3 is 2.30 bits per heavy atom. The molecule has 0 amide bonds. The van der Waals surface area contributed by atoms with Crippen LogP contribution in [-0.2, 0) is 6.42 Å². The number of benzene rings is 1. The lowest BCUT2D eigenvalue weighted by atomic mass is 9.86. The van der Waals surface area contributed by atoms with Crippen molar-refractivity contribution in [3.8, 4) is 22.8 Å². The summed E-state index contributed by atoms with van der Waals surface area (Å²) < 4.78 is 50.1. The van der Waals surface area contributed by atoms with Gasteiger partial charge in [0.15, 0.2) is 11.5 Å². The van der Waals surface area contributed by atoms with E-state index in [0.717, 1.165) is 35.9 Å². The van der Waals surface area contributed by atoms with E-state index in [9.17, 15) is 13.2 Å². The Bertz CT molecular complexity index is 1190. The van der Waals surface area contributed by atoms with Crippen LogP contribution >= 0.6 is 0 Å². The molecule has 33 heavy (non-hydrogen) atoms. The second-order valence-corrected chi connectivity index (χ2v) is 7.89. The maximum atomic E-state index is 13.1. The summed E-state index contributed by atoms with van der Waals surface area (Å²) >= 11 is 0. The molecule has 0 saturated carbocycles. The molecule has 3 rings (SSSR count). The standard InChI is InChI=1S/C24H24F3N3O3/c1-23(2,24(25,26)27)22(30-31)7-5-6-15-8-9-18(28-13-15)17-10-16-11-20(32-3)21(33-4)12-19(16)29-14-17/h5,7-14,31H,6H2,1-4H3/b7-5+,30-22+. The molecule has 0 aliphatic carbocycles. The predicted octanol–water partition coefficient (Wildman–Crippen LogP) is 5.83. The van der Waals surface area contributed by atoms with Gasteiger partial charge in [-0.2, -0.15) is 13.2 Å². The highest BCUT2D eigenvalue weighted by molar-refractivity contribution is 5.99. The van der Waals surface area contributed by atoms with E-state index < -0.39 is 17.3 Å². The molecule has 174 valence electrons. The van der Waals surface area contributed by atoms with Crippen LogP contribution in [0.15, 0.2) is 60.0 Å². The average molecular weight is 459 g/mol. The smallest absolute Gasteiger partial charge is 0.399 e. The van der Waals surface area contributed by atoms with E-state index in [0.29, 0.717) is 23.6 Å². The Morgan fingerprint density at radius 1 is 1.03 bits per heavy atom. The number of oxime groups is 1. The van der Waals surface area contributed by atoms with Crippen molar-refractivity contribution in [3.63, 3.8) is 0 Å². The van der Waals surface area contributed by atoms with Crippen LogP contribution < -0.4 is 9.47 Å². The Kier molecular flexibility index (Phi) is 6.90. The van der Waals surface area contributed by atoms with Crippen LogP contribution in [0.4, 0.5) is 13.2 Å². The van der Waals surface area contributed by atoms with Crippen LogP contribution in [0.2, 0.25) is 0 Å². The van der Waals surface area contributed by atoms with E-state index in [-0.39, 0.29) is 0 Å². The van der Waals surface area contributed by atoms with Crippen molar-refractivity contribution in [1.82, 2.24) is 9.97 Å². The Hall–Kier alpha value is -3.62. The second-order valence-electron chi connectivity index (χ2n) is 7.89. The topological polar surface area (TPSA) is 76.8 Å². The maximum absolute atomic E-state index is 13.1. The lowest BCUT2D eigenvalue weighted by Crippen LogP contribution is -2.39. The van der Waals surface area contributed by atoms with Crippen molar-refractivity contribution in [2.75, 3.05) is 14.2 Å². The third-order valence-electron chi connectivity index (χ3n) is 5.39. The van der Waals surface area contributed by atoms with Gasteiger partial charge in [0, 0.05) is 29.4 Å². The summed E-state index contributed by atoms with van der Waals surface area (Å²) in [5, 5.41) is 12.7. The molecule has 0 fully saturated rings. The zero-order valence-electron chi connectivity index (χ0n) is 18.6. The Morgan fingerprint density at radius 2 is 1.73 bits per heavy atom. The van der Waals surface area contributed by atoms with Crippen LogP contribution in [0.25, 0.3) is 22.2 Å². The summed E-state index contributed by atoms with van der Waals surface area (Å²) in [6.07, 6.45) is 1.83. The first-order chi connectivity index (χ1) is 15.6. The minimum Gasteiger partial charge on any atom is -0.493 e. The number of pyridine rings is 2. The van der Waals surface area contributed by atoms with Gasteiger partial charge in [0.1, 0.15) is 5.41 Å². The third-order valence-corrected chi connectivity index (χ3v) is 5.39. The molecule has 1 aromatic carbocycles. The summed E-state index contributed by atoms with van der Waals surface area (Å²) in [4.78, 5) is 8.92. The number of halogens is 3. The molecule has 0 bridgehead atoms. The Balaban J connectivity index is 1.77. The minimum atomic E-state index is -4.54. The van der Waals surface area contributed by atoms with Gasteiger partial charge in [-0.05, 0) is 50.1 Å². The van der Waals surface area contributed by atoms with Crippen molar-refractivity contribution < 1.29 is 27.9 Å². The monoisotopic (exact) mass is 459 g/mol. The van der Waals surface area contributed by atoms with Gasteiger partial charge < -0.3 is 14.7 Å². The number of alkyl halides is 3. The summed E-state index contributed by atoms with van der Waals surface area (Å²) in [5.41, 5.74) is 0.310. The van der Waals surface area contributed by atoms with Crippen LogP contribution in [0, 0.1) is 5.41 Å². The van der Waals surface area contributed by atoms with E-state index in [1.54, 1.807) is 32.7 Å². The van der Waals surface area contributed by atoms with E-state index in [1.807, 2.05) is 24.3 Å². The zero-order valence-corrected chi connectivity index (χ0v) is 18.6. The maximum Gasteiger partial charge on any atom is 0.399 e. The summed E-state index contributed by atoms with van der Waals surface area (Å²) in [6.45, 7) is 1.93. The van der Waals surface area contributed by atoms with Gasteiger partial charge in [0.05, 0.1) is 31.1 Å². The van der Waals surface area contributed by atoms with Crippen molar-refractivity contribution in [1.29, 1.82) is 0 Å². The minimum absolute atomic E-state index is 0.327. The molecule has 0 aliphatic heterocycles. The number of hydrogen-bond acceptors (Lipinski definition) is 6. The predicted molar refractivity (Wildman–Crippen MR) is 120 cm³/mol. The van der Waals surface area contributed by atoms with E-state index in [1.165, 1.54) is 12.2 Å². The highest BCUT2D eigenvalue weighted by Gasteiger charge is 2.50. The first kappa shape index (κ1) is 24.0. The molecule has 2 heterocycles. The molecular weight excluding hydrogens is 435 g/mol. The molecule has 6 nitrogen and oxygen atoms in total. The number of hydrogen-bond donors (Lipinski definition) is 1. The number of aromatic nitrogens is 2. The fraction of sp³-hybridized carbons (Fsp3) is 0.292. The van der Waals surface area contributed by atoms with Gasteiger partial charge in [-0.25, -0.2) is 0 Å². The number of nitrogens with zero attached hydrogens (tertiary/aromatic N) is 3. The fourth-order valence-electron chi connectivity index (χ4n) is 3.13. The van der Waals surface area contributed by atoms with E-state index >= 15 is 0 Å². The number of methoxy groups -OCH3 is 2. The largest absolute Gasteiger partial charge is 0.493 e. The van der Waals surface area contributed by atoms with Crippen LogP contribution in [0.5, 0.6) is 11.5 Å². The first-order valence-electron chi connectivity index (χ1n) is 10.0. The number of fused-ring (bicyclic) bond motifs is 1. The van der Waals surface area contributed by atoms with Crippen LogP contribution in [0.1, 0.15) is 19.4 Å². The highest BCUT2D eigenvalue weighted by Crippen LogP contribution is 2.39. The quantitative estimate of drug-likeness (QED) is 0.273. The molecule has 0 atom stereocenters. The number of allylic oxidation sites excluding steroid dienone is 2. The fourth-order valence-corrected chi connectivity index (χ4v) is 3.13. The van der Waals surface area contributed by atoms with Gasteiger partial charge in [-0.15, -0.1) is 0 Å². The third kappa shape index (κ3) is 5.08.